The van der Waals surface area contributed by atoms with Crippen LogP contribution in [0.1, 0.15) is 20.8 Å². The molecule has 1 aliphatic rings. The van der Waals surface area contributed by atoms with Crippen LogP contribution in [0.4, 0.5) is 10.5 Å². The molecule has 0 spiro atoms. The second kappa shape index (κ2) is 6.42. The highest BCUT2D eigenvalue weighted by Gasteiger charge is 2.28. The lowest BCUT2D eigenvalue weighted by atomic mass is 10.1. The summed E-state index contributed by atoms with van der Waals surface area (Å²) in [6.07, 6.45) is 0. The summed E-state index contributed by atoms with van der Waals surface area (Å²) in [7, 11) is 0. The molecule has 1 aromatic carbocycles. The van der Waals surface area contributed by atoms with E-state index < -0.39 is 0 Å². The van der Waals surface area contributed by atoms with Gasteiger partial charge in [0.25, 0.3) is 0 Å². The third-order valence-electron chi connectivity index (χ3n) is 3.71. The van der Waals surface area contributed by atoms with Gasteiger partial charge in [0.1, 0.15) is 0 Å². The summed E-state index contributed by atoms with van der Waals surface area (Å²) in [5.41, 5.74) is 0.610. The number of anilines is 1. The summed E-state index contributed by atoms with van der Waals surface area (Å²) in [6, 6.07) is 5.02. The molecule has 0 saturated carbocycles. The predicted octanol–water partition coefficient (Wildman–Crippen LogP) is 3.94. The van der Waals surface area contributed by atoms with Crippen molar-refractivity contribution >= 4 is 34.9 Å². The van der Waals surface area contributed by atoms with Crippen LogP contribution in [0.15, 0.2) is 18.2 Å². The van der Waals surface area contributed by atoms with E-state index in [2.05, 4.69) is 31.0 Å². The van der Waals surface area contributed by atoms with Gasteiger partial charge in [0, 0.05) is 31.7 Å². The molecule has 1 fully saturated rings. The van der Waals surface area contributed by atoms with E-state index >= 15 is 0 Å². The van der Waals surface area contributed by atoms with Crippen LogP contribution >= 0.6 is 23.2 Å². The first-order valence-electron chi connectivity index (χ1n) is 7.04. The normalized spacial score (nSPS) is 16.9. The van der Waals surface area contributed by atoms with Crippen LogP contribution in [0, 0.1) is 0 Å². The third-order valence-corrected chi connectivity index (χ3v) is 4.34. The molecule has 0 aromatic heterocycles. The van der Waals surface area contributed by atoms with Crippen molar-refractivity contribution in [2.75, 3.05) is 31.5 Å². The molecular weight excluding hydrogens is 309 g/mol. The first kappa shape index (κ1) is 16.4. The molecule has 4 nitrogen and oxygen atoms in total. The number of para-hydroxylation sites is 1. The van der Waals surface area contributed by atoms with Crippen molar-refractivity contribution in [3.8, 4) is 0 Å². The summed E-state index contributed by atoms with van der Waals surface area (Å²) in [6.45, 7) is 9.70. The average Bonchev–Trinajstić information content (AvgIpc) is 2.42. The predicted molar refractivity (Wildman–Crippen MR) is 88.4 cm³/mol. The molecule has 1 aromatic rings. The fraction of sp³-hybridized carbons (Fsp3) is 0.533. The Morgan fingerprint density at radius 2 is 1.62 bits per heavy atom. The number of nitrogens with one attached hydrogen (secondary N) is 1. The number of urea groups is 1. The monoisotopic (exact) mass is 329 g/mol. The van der Waals surface area contributed by atoms with Gasteiger partial charge in [-0.2, -0.15) is 0 Å². The molecule has 0 aliphatic carbocycles. The Morgan fingerprint density at radius 1 is 1.10 bits per heavy atom. The standard InChI is InChI=1S/C15H21Cl2N3O/c1-15(2,3)20-9-7-19(8-10-20)14(21)18-13-11(16)5-4-6-12(13)17/h4-6H,7-10H2,1-3H3,(H,18,21). The maximum Gasteiger partial charge on any atom is 0.322 e. The van der Waals surface area contributed by atoms with E-state index in [4.69, 9.17) is 23.2 Å². The van der Waals surface area contributed by atoms with Gasteiger partial charge in [-0.05, 0) is 32.9 Å². The van der Waals surface area contributed by atoms with Gasteiger partial charge in [0.2, 0.25) is 0 Å². The molecule has 1 saturated heterocycles. The summed E-state index contributed by atoms with van der Waals surface area (Å²) in [4.78, 5) is 16.5. The highest BCUT2D eigenvalue weighted by Crippen LogP contribution is 2.30. The number of benzene rings is 1. The van der Waals surface area contributed by atoms with Gasteiger partial charge in [0.15, 0.2) is 0 Å². The molecule has 1 aliphatic heterocycles. The SMILES string of the molecule is CC(C)(C)N1CCN(C(=O)Nc2c(Cl)cccc2Cl)CC1. The lowest BCUT2D eigenvalue weighted by Gasteiger charge is -2.42. The molecule has 2 rings (SSSR count). The molecule has 0 bridgehead atoms. The molecule has 2 amide bonds. The van der Waals surface area contributed by atoms with Crippen LogP contribution in [-0.2, 0) is 0 Å². The molecule has 21 heavy (non-hydrogen) atoms. The number of hydrogen-bond donors (Lipinski definition) is 1. The Bertz CT molecular complexity index is 500. The minimum atomic E-state index is -0.154. The van der Waals surface area contributed by atoms with Gasteiger partial charge in [-0.1, -0.05) is 29.3 Å². The second-order valence-electron chi connectivity index (χ2n) is 6.17. The minimum absolute atomic E-state index is 0.134. The fourth-order valence-corrected chi connectivity index (χ4v) is 2.88. The zero-order valence-electron chi connectivity index (χ0n) is 12.6. The highest BCUT2D eigenvalue weighted by molar-refractivity contribution is 6.39. The van der Waals surface area contributed by atoms with Crippen LogP contribution in [0.5, 0.6) is 0 Å². The topological polar surface area (TPSA) is 35.6 Å². The van der Waals surface area contributed by atoms with Crippen molar-refractivity contribution in [2.45, 2.75) is 26.3 Å². The van der Waals surface area contributed by atoms with Crippen molar-refractivity contribution in [3.05, 3.63) is 28.2 Å². The van der Waals surface area contributed by atoms with Gasteiger partial charge < -0.3 is 10.2 Å². The van der Waals surface area contributed by atoms with E-state index in [0.717, 1.165) is 13.1 Å². The van der Waals surface area contributed by atoms with Gasteiger partial charge >= 0.3 is 6.03 Å². The maximum atomic E-state index is 12.3. The Balaban J connectivity index is 1.97. The van der Waals surface area contributed by atoms with Gasteiger partial charge in [-0.25, -0.2) is 4.79 Å². The van der Waals surface area contributed by atoms with Crippen LogP contribution in [-0.4, -0.2) is 47.5 Å². The number of rotatable bonds is 1. The summed E-state index contributed by atoms with van der Waals surface area (Å²) < 4.78 is 0. The summed E-state index contributed by atoms with van der Waals surface area (Å²) in [5.74, 6) is 0. The van der Waals surface area contributed by atoms with Crippen LogP contribution in [0.25, 0.3) is 0 Å². The van der Waals surface area contributed by atoms with Gasteiger partial charge in [0.05, 0.1) is 15.7 Å². The number of halogens is 2. The molecule has 1 heterocycles. The molecule has 0 unspecified atom stereocenters. The molecule has 0 radical (unpaired) electrons. The number of piperazine rings is 1. The van der Waals surface area contributed by atoms with E-state index in [0.29, 0.717) is 28.8 Å². The van der Waals surface area contributed by atoms with Crippen molar-refractivity contribution in [1.29, 1.82) is 0 Å². The van der Waals surface area contributed by atoms with Crippen molar-refractivity contribution < 1.29 is 4.79 Å². The Hall–Kier alpha value is -0.970. The van der Waals surface area contributed by atoms with Crippen molar-refractivity contribution in [1.82, 2.24) is 9.80 Å². The number of carbonyl (C=O) groups is 1. The van der Waals surface area contributed by atoms with Gasteiger partial charge in [-0.15, -0.1) is 0 Å². The molecule has 6 heteroatoms. The van der Waals surface area contributed by atoms with E-state index in [1.807, 2.05) is 0 Å². The van der Waals surface area contributed by atoms with E-state index in [1.165, 1.54) is 0 Å². The Labute approximate surface area is 136 Å². The average molecular weight is 330 g/mol. The third kappa shape index (κ3) is 4.02. The maximum absolute atomic E-state index is 12.3. The fourth-order valence-electron chi connectivity index (χ4n) is 2.38. The van der Waals surface area contributed by atoms with Crippen LogP contribution in [0.2, 0.25) is 10.0 Å². The van der Waals surface area contributed by atoms with E-state index in [-0.39, 0.29) is 11.6 Å². The number of nitrogens with zero attached hydrogens (tertiary/aromatic N) is 2. The second-order valence-corrected chi connectivity index (χ2v) is 6.99. The summed E-state index contributed by atoms with van der Waals surface area (Å²) in [5, 5.41) is 3.70. The number of carbonyl (C=O) groups excluding carboxylic acids is 1. The first-order chi connectivity index (χ1) is 9.79. The Kier molecular flexibility index (Phi) is 5.02. The van der Waals surface area contributed by atoms with Gasteiger partial charge in [-0.3, -0.25) is 4.90 Å². The van der Waals surface area contributed by atoms with Crippen molar-refractivity contribution in [2.24, 2.45) is 0 Å². The molecule has 0 atom stereocenters. The summed E-state index contributed by atoms with van der Waals surface area (Å²) >= 11 is 12.1. The molecular formula is C15H21Cl2N3O. The van der Waals surface area contributed by atoms with Crippen LogP contribution < -0.4 is 5.32 Å². The lowest BCUT2D eigenvalue weighted by Crippen LogP contribution is -2.55. The molecule has 116 valence electrons. The lowest BCUT2D eigenvalue weighted by molar-refractivity contribution is 0.0774. The van der Waals surface area contributed by atoms with Crippen molar-refractivity contribution in [3.63, 3.8) is 0 Å². The Morgan fingerprint density at radius 3 is 2.10 bits per heavy atom. The number of hydrogen-bond acceptors (Lipinski definition) is 2. The highest BCUT2D eigenvalue weighted by atomic mass is 35.5. The zero-order valence-corrected chi connectivity index (χ0v) is 14.1. The largest absolute Gasteiger partial charge is 0.322 e. The first-order valence-corrected chi connectivity index (χ1v) is 7.79. The van der Waals surface area contributed by atoms with E-state index in [9.17, 15) is 4.79 Å². The smallest absolute Gasteiger partial charge is 0.322 e. The molecule has 1 N–H and O–H groups in total. The van der Waals surface area contributed by atoms with E-state index in [1.54, 1.807) is 23.1 Å². The zero-order chi connectivity index (χ0) is 15.6. The quantitative estimate of drug-likeness (QED) is 0.846. The van der Waals surface area contributed by atoms with Crippen LogP contribution in [0.3, 0.4) is 0 Å². The number of amides is 2. The minimum Gasteiger partial charge on any atom is -0.322 e.